The van der Waals surface area contributed by atoms with E-state index >= 15 is 0 Å². The minimum Gasteiger partial charge on any atom is -0.507 e. The van der Waals surface area contributed by atoms with Crippen LogP contribution in [0.15, 0.2) is 30.6 Å². The molecule has 146 valence electrons. The number of phenolic OH excluding ortho intramolecular Hbond substituents is 1. The third kappa shape index (κ3) is 2.94. The Morgan fingerprint density at radius 2 is 2.18 bits per heavy atom. The molecule has 28 heavy (non-hydrogen) atoms. The van der Waals surface area contributed by atoms with Gasteiger partial charge < -0.3 is 9.84 Å². The van der Waals surface area contributed by atoms with Crippen LogP contribution in [-0.4, -0.2) is 62.3 Å². The first-order valence-electron chi connectivity index (χ1n) is 9.27. The van der Waals surface area contributed by atoms with E-state index in [1.54, 1.807) is 24.5 Å². The topological polar surface area (TPSA) is 87.2 Å². The summed E-state index contributed by atoms with van der Waals surface area (Å²) in [6.45, 7) is 0.845. The van der Waals surface area contributed by atoms with Crippen LogP contribution in [0.25, 0.3) is 21.7 Å². The Balaban J connectivity index is 1.35. The lowest BCUT2D eigenvalue weighted by atomic mass is 9.76. The largest absolute Gasteiger partial charge is 0.507 e. The van der Waals surface area contributed by atoms with Crippen molar-refractivity contribution in [3.63, 3.8) is 0 Å². The number of phenols is 1. The zero-order valence-electron chi connectivity index (χ0n) is 15.2. The van der Waals surface area contributed by atoms with Gasteiger partial charge in [-0.3, -0.25) is 10.00 Å². The summed E-state index contributed by atoms with van der Waals surface area (Å²) in [5.74, 6) is 0.267. The van der Waals surface area contributed by atoms with E-state index in [-0.39, 0.29) is 17.7 Å². The van der Waals surface area contributed by atoms with Gasteiger partial charge in [-0.1, -0.05) is 22.5 Å². The summed E-state index contributed by atoms with van der Waals surface area (Å²) in [4.78, 5) is 2.09. The molecule has 1 aromatic carbocycles. The van der Waals surface area contributed by atoms with E-state index in [4.69, 9.17) is 4.74 Å². The van der Waals surface area contributed by atoms with Gasteiger partial charge in [0.05, 0.1) is 11.8 Å². The van der Waals surface area contributed by atoms with Crippen LogP contribution in [-0.2, 0) is 0 Å². The highest BCUT2D eigenvalue weighted by Crippen LogP contribution is 2.41. The number of aromatic nitrogens is 4. The second-order valence-corrected chi connectivity index (χ2v) is 8.40. The molecule has 0 amide bonds. The molecule has 3 fully saturated rings. The summed E-state index contributed by atoms with van der Waals surface area (Å²) in [6.07, 6.45) is 3.80. The van der Waals surface area contributed by atoms with Crippen molar-refractivity contribution < 1.29 is 14.2 Å². The molecule has 2 bridgehead atoms. The number of fused-ring (bicyclic) bond motifs is 3. The number of nitrogens with zero attached hydrogens (tertiary/aromatic N) is 4. The van der Waals surface area contributed by atoms with E-state index in [0.717, 1.165) is 30.5 Å². The second kappa shape index (κ2) is 6.82. The van der Waals surface area contributed by atoms with Gasteiger partial charge in [-0.25, -0.2) is 4.39 Å². The van der Waals surface area contributed by atoms with Gasteiger partial charge in [0.25, 0.3) is 5.19 Å². The van der Waals surface area contributed by atoms with Crippen molar-refractivity contribution in [2.45, 2.75) is 31.2 Å². The van der Waals surface area contributed by atoms with Crippen LogP contribution in [0.3, 0.4) is 0 Å². The summed E-state index contributed by atoms with van der Waals surface area (Å²) in [5.41, 5.74) is 2.30. The Hall–Kier alpha value is -2.52. The van der Waals surface area contributed by atoms with Crippen LogP contribution < -0.4 is 4.74 Å². The Labute approximate surface area is 165 Å². The molecule has 9 heteroatoms. The maximum absolute atomic E-state index is 14.8. The third-order valence-electron chi connectivity index (χ3n) is 5.77. The van der Waals surface area contributed by atoms with Crippen LogP contribution in [0.4, 0.5) is 4.39 Å². The van der Waals surface area contributed by atoms with Crippen molar-refractivity contribution in [2.75, 3.05) is 13.6 Å². The normalized spacial score (nSPS) is 27.2. The van der Waals surface area contributed by atoms with Crippen LogP contribution in [0.1, 0.15) is 12.8 Å². The molecule has 7 nitrogen and oxygen atoms in total. The van der Waals surface area contributed by atoms with Gasteiger partial charge in [0.15, 0.2) is 11.2 Å². The molecule has 4 atom stereocenters. The standard InChI is InChI=1S/C19H20FN5O2S/c1-25-9-11-3-5-14(25)16(20)17(11)27-19-24-23-18(28-19)13-4-2-10(6-15(13)26)12-7-21-22-8-12/h2,4,6-8,11,14,16-17,26H,3,5,9H2,1H3,(H,21,22)/t11?,14?,16?,17-/m1/s1. The number of benzene rings is 1. The number of aromatic amines is 1. The number of halogens is 1. The lowest BCUT2D eigenvalue weighted by molar-refractivity contribution is -0.0877. The maximum Gasteiger partial charge on any atom is 0.294 e. The zero-order chi connectivity index (χ0) is 19.3. The highest BCUT2D eigenvalue weighted by atomic mass is 32.1. The summed E-state index contributed by atoms with van der Waals surface area (Å²) in [6, 6.07) is 5.25. The molecule has 6 rings (SSSR count). The summed E-state index contributed by atoms with van der Waals surface area (Å²) in [5, 5.41) is 26.2. The number of piperidine rings is 2. The van der Waals surface area contributed by atoms with Crippen LogP contribution >= 0.6 is 11.3 Å². The molecule has 2 N–H and O–H groups in total. The highest BCUT2D eigenvalue weighted by molar-refractivity contribution is 7.16. The van der Waals surface area contributed by atoms with Gasteiger partial charge >= 0.3 is 0 Å². The third-order valence-corrected chi connectivity index (χ3v) is 6.62. The van der Waals surface area contributed by atoms with Crippen molar-refractivity contribution in [3.05, 3.63) is 30.6 Å². The molecular weight excluding hydrogens is 381 g/mol. The molecule has 1 saturated carbocycles. The second-order valence-electron chi connectivity index (χ2n) is 7.46. The number of ether oxygens (including phenoxy) is 1. The van der Waals surface area contributed by atoms with Crippen LogP contribution in [0, 0.1) is 5.92 Å². The summed E-state index contributed by atoms with van der Waals surface area (Å²) >= 11 is 1.22. The van der Waals surface area contributed by atoms with Gasteiger partial charge in [0.2, 0.25) is 0 Å². The predicted molar refractivity (Wildman–Crippen MR) is 103 cm³/mol. The van der Waals surface area contributed by atoms with E-state index in [1.165, 1.54) is 11.3 Å². The molecule has 3 unspecified atom stereocenters. The van der Waals surface area contributed by atoms with E-state index in [1.807, 2.05) is 13.1 Å². The van der Waals surface area contributed by atoms with Gasteiger partial charge in [0.1, 0.15) is 11.9 Å². The Morgan fingerprint density at radius 1 is 1.29 bits per heavy atom. The Bertz CT molecular complexity index is 977. The lowest BCUT2D eigenvalue weighted by Gasteiger charge is -2.49. The molecule has 0 spiro atoms. The fourth-order valence-electron chi connectivity index (χ4n) is 4.30. The van der Waals surface area contributed by atoms with Crippen LogP contribution in [0.5, 0.6) is 10.9 Å². The Kier molecular flexibility index (Phi) is 4.28. The number of rotatable bonds is 4. The number of H-pyrrole nitrogens is 1. The van der Waals surface area contributed by atoms with Gasteiger partial charge in [-0.15, -0.1) is 5.10 Å². The van der Waals surface area contributed by atoms with E-state index < -0.39 is 12.3 Å². The molecule has 3 aliphatic rings. The quantitative estimate of drug-likeness (QED) is 0.699. The van der Waals surface area contributed by atoms with Crippen molar-refractivity contribution >= 4 is 11.3 Å². The highest BCUT2D eigenvalue weighted by Gasteiger charge is 2.48. The van der Waals surface area contributed by atoms with Crippen LogP contribution in [0.2, 0.25) is 0 Å². The van der Waals surface area contributed by atoms with Crippen molar-refractivity contribution in [2.24, 2.45) is 5.92 Å². The number of hydrogen-bond acceptors (Lipinski definition) is 7. The maximum atomic E-state index is 14.8. The molecule has 0 radical (unpaired) electrons. The molecular formula is C19H20FN5O2S. The molecule has 2 aromatic heterocycles. The van der Waals surface area contributed by atoms with E-state index in [9.17, 15) is 9.50 Å². The number of nitrogens with one attached hydrogen (secondary N) is 1. The minimum absolute atomic E-state index is 0.0816. The minimum atomic E-state index is -1.02. The SMILES string of the molecule is CN1CC2CCC1C(F)[C@@H]2Oc1nnc(-c2ccc(-c3cn[nH]c3)cc2O)s1. The zero-order valence-corrected chi connectivity index (χ0v) is 16.1. The lowest BCUT2D eigenvalue weighted by Crippen LogP contribution is -2.61. The molecule has 3 aromatic rings. The van der Waals surface area contributed by atoms with Crippen molar-refractivity contribution in [1.29, 1.82) is 0 Å². The average Bonchev–Trinajstić information content (AvgIpc) is 3.37. The monoisotopic (exact) mass is 401 g/mol. The molecule has 1 aliphatic carbocycles. The Morgan fingerprint density at radius 3 is 2.89 bits per heavy atom. The van der Waals surface area contributed by atoms with E-state index in [0.29, 0.717) is 15.8 Å². The first-order valence-corrected chi connectivity index (χ1v) is 10.1. The fourth-order valence-corrected chi connectivity index (χ4v) is 5.07. The smallest absolute Gasteiger partial charge is 0.294 e. The van der Waals surface area contributed by atoms with Gasteiger partial charge in [-0.2, -0.15) is 5.10 Å². The molecule has 4 heterocycles. The van der Waals surface area contributed by atoms with E-state index in [2.05, 4.69) is 25.3 Å². The molecule has 2 aliphatic heterocycles. The fraction of sp³-hybridized carbons (Fsp3) is 0.421. The average molecular weight is 401 g/mol. The number of alkyl halides is 1. The number of aromatic hydroxyl groups is 1. The van der Waals surface area contributed by atoms with Gasteiger partial charge in [-0.05, 0) is 37.6 Å². The van der Waals surface area contributed by atoms with Crippen molar-refractivity contribution in [1.82, 2.24) is 25.3 Å². The van der Waals surface area contributed by atoms with Crippen molar-refractivity contribution in [3.8, 4) is 32.6 Å². The summed E-state index contributed by atoms with van der Waals surface area (Å²) < 4.78 is 20.7. The number of hydrogen-bond donors (Lipinski definition) is 2. The predicted octanol–water partition coefficient (Wildman–Crippen LogP) is 3.11. The summed E-state index contributed by atoms with van der Waals surface area (Å²) in [7, 11) is 1.97. The first kappa shape index (κ1) is 17.6. The molecule has 2 saturated heterocycles. The van der Waals surface area contributed by atoms with Gasteiger partial charge in [0, 0.05) is 30.3 Å². The first-order chi connectivity index (χ1) is 13.6.